The molecule has 164 valence electrons. The molecule has 0 aliphatic carbocycles. The molecule has 3 heterocycles. The second kappa shape index (κ2) is 8.10. The Balaban J connectivity index is 1.72. The van der Waals surface area contributed by atoms with E-state index < -0.39 is 48.9 Å². The smallest absolute Gasteiger partial charge is 0.480 e. The molecule has 0 aromatic carbocycles. The van der Waals surface area contributed by atoms with Gasteiger partial charge in [0, 0.05) is 30.9 Å². The summed E-state index contributed by atoms with van der Waals surface area (Å²) in [4.78, 5) is 35.2. The summed E-state index contributed by atoms with van der Waals surface area (Å²) in [6, 6.07) is -1.20. The second-order valence-electron chi connectivity index (χ2n) is 8.43. The molecule has 2 aliphatic heterocycles. The lowest BCUT2D eigenvalue weighted by Gasteiger charge is -2.39. The molecule has 3 N–H and O–H groups in total. The summed E-state index contributed by atoms with van der Waals surface area (Å²) in [5.41, 5.74) is -0.341. The molecule has 3 rings (SSSR count). The maximum atomic E-state index is 12.2. The number of piperazine rings is 1. The summed E-state index contributed by atoms with van der Waals surface area (Å²) in [5, 5.41) is 28.1. The Morgan fingerprint density at radius 1 is 1.20 bits per heavy atom. The minimum Gasteiger partial charge on any atom is -0.480 e. The van der Waals surface area contributed by atoms with E-state index in [0.29, 0.717) is 11.4 Å². The Kier molecular flexibility index (Phi) is 6.05. The minimum absolute atomic E-state index is 0.0466. The van der Waals surface area contributed by atoms with E-state index in [1.165, 1.54) is 0 Å². The van der Waals surface area contributed by atoms with Crippen molar-refractivity contribution in [2.75, 3.05) is 31.1 Å². The number of carboxylic acids is 1. The number of nitrogens with zero attached hydrogens (tertiary/aromatic N) is 4. The SMILES string of the molecule is CC1(C)OB(c2cnc(N3CCN(C(=O)C(O)CO)C(C(=O)O)C3)nc2)OC1(C)C. The number of carboxylic acid groups (broad SMARTS) is 1. The van der Waals surface area contributed by atoms with Gasteiger partial charge < -0.3 is 34.4 Å². The average Bonchev–Trinajstić information content (AvgIpc) is 2.93. The zero-order valence-corrected chi connectivity index (χ0v) is 17.5. The molecule has 1 aromatic rings. The van der Waals surface area contributed by atoms with Crippen LogP contribution in [0, 0.1) is 0 Å². The summed E-state index contributed by atoms with van der Waals surface area (Å²) < 4.78 is 12.0. The topological polar surface area (TPSA) is 146 Å². The number of aliphatic hydroxyl groups excluding tert-OH is 2. The molecule has 1 aromatic heterocycles. The molecule has 30 heavy (non-hydrogen) atoms. The molecule has 2 atom stereocenters. The fraction of sp³-hybridized carbons (Fsp3) is 0.667. The molecule has 1 amide bonds. The van der Waals surface area contributed by atoms with Crippen molar-refractivity contribution >= 4 is 30.4 Å². The van der Waals surface area contributed by atoms with Gasteiger partial charge in [-0.25, -0.2) is 14.8 Å². The van der Waals surface area contributed by atoms with Crippen molar-refractivity contribution in [3.05, 3.63) is 12.4 Å². The molecule has 11 nitrogen and oxygen atoms in total. The maximum Gasteiger partial charge on any atom is 0.498 e. The first-order valence-corrected chi connectivity index (χ1v) is 9.71. The zero-order chi connectivity index (χ0) is 22.3. The summed E-state index contributed by atoms with van der Waals surface area (Å²) in [6.07, 6.45) is 1.51. The van der Waals surface area contributed by atoms with E-state index in [2.05, 4.69) is 9.97 Å². The Morgan fingerprint density at radius 2 is 1.77 bits per heavy atom. The predicted octanol–water partition coefficient (Wildman–Crippen LogP) is -1.77. The molecule has 2 unspecified atom stereocenters. The maximum absolute atomic E-state index is 12.2. The van der Waals surface area contributed by atoms with Crippen LogP contribution in [-0.4, -0.2) is 98.8 Å². The van der Waals surface area contributed by atoms with Gasteiger partial charge in [-0.2, -0.15) is 0 Å². The Bertz CT molecular complexity index is 788. The van der Waals surface area contributed by atoms with Gasteiger partial charge >= 0.3 is 13.1 Å². The monoisotopic (exact) mass is 422 g/mol. The number of aliphatic hydroxyl groups is 2. The second-order valence-corrected chi connectivity index (χ2v) is 8.43. The van der Waals surface area contributed by atoms with Gasteiger partial charge in [0.05, 0.1) is 24.4 Å². The number of aliphatic carboxylic acids is 1. The highest BCUT2D eigenvalue weighted by Crippen LogP contribution is 2.36. The molecule has 2 aliphatic rings. The fourth-order valence-electron chi connectivity index (χ4n) is 3.30. The molecule has 0 saturated carbocycles. The van der Waals surface area contributed by atoms with E-state index in [4.69, 9.17) is 14.4 Å². The first-order valence-electron chi connectivity index (χ1n) is 9.71. The summed E-state index contributed by atoms with van der Waals surface area (Å²) in [7, 11) is -0.606. The minimum atomic E-state index is -1.64. The fourth-order valence-corrected chi connectivity index (χ4v) is 3.30. The number of aromatic nitrogens is 2. The van der Waals surface area contributed by atoms with Crippen LogP contribution in [0.2, 0.25) is 0 Å². The number of hydrogen-bond donors (Lipinski definition) is 3. The molecule has 2 fully saturated rings. The van der Waals surface area contributed by atoms with E-state index >= 15 is 0 Å². The van der Waals surface area contributed by atoms with Gasteiger partial charge in [0.15, 0.2) is 6.10 Å². The quantitative estimate of drug-likeness (QED) is 0.466. The average molecular weight is 422 g/mol. The number of rotatable bonds is 5. The lowest BCUT2D eigenvalue weighted by molar-refractivity contribution is -0.155. The zero-order valence-electron chi connectivity index (χ0n) is 17.5. The molecule has 0 spiro atoms. The summed E-state index contributed by atoms with van der Waals surface area (Å²) in [6.45, 7) is 7.31. The highest BCUT2D eigenvalue weighted by Gasteiger charge is 2.52. The van der Waals surface area contributed by atoms with E-state index in [9.17, 15) is 19.8 Å². The van der Waals surface area contributed by atoms with Crippen molar-refractivity contribution in [3.8, 4) is 0 Å². The van der Waals surface area contributed by atoms with Gasteiger partial charge in [0.2, 0.25) is 5.95 Å². The molecule has 0 radical (unpaired) electrons. The van der Waals surface area contributed by atoms with Crippen LogP contribution in [0.4, 0.5) is 5.95 Å². The van der Waals surface area contributed by atoms with Gasteiger partial charge in [-0.1, -0.05) is 0 Å². The van der Waals surface area contributed by atoms with E-state index in [1.807, 2.05) is 27.7 Å². The van der Waals surface area contributed by atoms with Crippen LogP contribution in [0.5, 0.6) is 0 Å². The van der Waals surface area contributed by atoms with Crippen molar-refractivity contribution < 1.29 is 34.2 Å². The lowest BCUT2D eigenvalue weighted by Crippen LogP contribution is -2.60. The van der Waals surface area contributed by atoms with Gasteiger partial charge in [-0.05, 0) is 27.7 Å². The van der Waals surface area contributed by atoms with Crippen LogP contribution in [-0.2, 0) is 18.9 Å². The lowest BCUT2D eigenvalue weighted by atomic mass is 9.81. The molecular formula is C18H27BN4O7. The Hall–Kier alpha value is -2.28. The van der Waals surface area contributed by atoms with Crippen molar-refractivity contribution in [1.29, 1.82) is 0 Å². The van der Waals surface area contributed by atoms with Crippen LogP contribution in [0.1, 0.15) is 27.7 Å². The van der Waals surface area contributed by atoms with Gasteiger partial charge in [-0.3, -0.25) is 4.79 Å². The third-order valence-corrected chi connectivity index (χ3v) is 5.87. The highest BCUT2D eigenvalue weighted by atomic mass is 16.7. The van der Waals surface area contributed by atoms with Crippen molar-refractivity contribution in [2.45, 2.75) is 51.0 Å². The van der Waals surface area contributed by atoms with E-state index in [1.54, 1.807) is 17.3 Å². The molecular weight excluding hydrogens is 395 g/mol. The predicted molar refractivity (Wildman–Crippen MR) is 106 cm³/mol. The number of carbonyl (C=O) groups excluding carboxylic acids is 1. The van der Waals surface area contributed by atoms with Crippen LogP contribution in [0.25, 0.3) is 0 Å². The normalized spacial score (nSPS) is 24.1. The van der Waals surface area contributed by atoms with Crippen LogP contribution in [0.15, 0.2) is 12.4 Å². The Labute approximate surface area is 174 Å². The number of amides is 1. The molecule has 0 bridgehead atoms. The van der Waals surface area contributed by atoms with Crippen molar-refractivity contribution in [3.63, 3.8) is 0 Å². The van der Waals surface area contributed by atoms with Crippen molar-refractivity contribution in [1.82, 2.24) is 14.9 Å². The van der Waals surface area contributed by atoms with Gasteiger partial charge in [0.1, 0.15) is 6.04 Å². The van der Waals surface area contributed by atoms with Gasteiger partial charge in [0.25, 0.3) is 5.91 Å². The largest absolute Gasteiger partial charge is 0.498 e. The van der Waals surface area contributed by atoms with E-state index in [-0.39, 0.29) is 19.6 Å². The van der Waals surface area contributed by atoms with Gasteiger partial charge in [-0.15, -0.1) is 0 Å². The highest BCUT2D eigenvalue weighted by molar-refractivity contribution is 6.61. The number of anilines is 1. The number of hydrogen-bond acceptors (Lipinski definition) is 9. The summed E-state index contributed by atoms with van der Waals surface area (Å²) >= 11 is 0. The van der Waals surface area contributed by atoms with Crippen LogP contribution < -0.4 is 10.4 Å². The third kappa shape index (κ3) is 4.13. The summed E-state index contributed by atoms with van der Waals surface area (Å²) in [5.74, 6) is -1.72. The number of carbonyl (C=O) groups is 2. The first-order chi connectivity index (χ1) is 14.0. The van der Waals surface area contributed by atoms with Crippen LogP contribution >= 0.6 is 0 Å². The Morgan fingerprint density at radius 3 is 2.27 bits per heavy atom. The molecule has 12 heteroatoms. The third-order valence-electron chi connectivity index (χ3n) is 5.87. The first kappa shape index (κ1) is 22.4. The molecule has 2 saturated heterocycles. The van der Waals surface area contributed by atoms with Crippen molar-refractivity contribution in [2.24, 2.45) is 0 Å². The standard InChI is InChI=1S/C18H27BN4O7/c1-17(2)18(3,4)30-19(29-17)11-7-20-16(21-8-11)22-5-6-23(12(9-22)15(27)28)14(26)13(25)10-24/h7-8,12-13,24-25H,5-6,9-10H2,1-4H3,(H,27,28). The van der Waals surface area contributed by atoms with Crippen LogP contribution in [0.3, 0.4) is 0 Å². The van der Waals surface area contributed by atoms with E-state index in [0.717, 1.165) is 4.90 Å².